The van der Waals surface area contributed by atoms with Gasteiger partial charge in [-0.05, 0) is 49.5 Å². The molecule has 0 bridgehead atoms. The summed E-state index contributed by atoms with van der Waals surface area (Å²) >= 11 is 0. The van der Waals surface area contributed by atoms with Crippen LogP contribution in [-0.4, -0.2) is 60.9 Å². The first-order valence-corrected chi connectivity index (χ1v) is 12.6. The number of ketones is 1. The molecule has 39 heavy (non-hydrogen) atoms. The van der Waals surface area contributed by atoms with E-state index in [1.807, 2.05) is 61.5 Å². The number of aliphatic hydroxyl groups excluding tert-OH is 1. The first-order valence-electron chi connectivity index (χ1n) is 12.6. The number of likely N-dealkylation sites (N-methyl/N-ethyl adjacent to an activating group) is 1. The van der Waals surface area contributed by atoms with Crippen molar-refractivity contribution in [1.82, 2.24) is 9.80 Å². The number of carbonyl (C=O) groups excluding carboxylic acids is 2. The summed E-state index contributed by atoms with van der Waals surface area (Å²) in [5, 5.41) is 11.6. The Morgan fingerprint density at radius 2 is 1.77 bits per heavy atom. The molecule has 1 unspecified atom stereocenters. The van der Waals surface area contributed by atoms with Crippen LogP contribution in [0.15, 0.2) is 94.6 Å². The maximum Gasteiger partial charge on any atom is 0.290 e. The second-order valence-electron chi connectivity index (χ2n) is 9.63. The van der Waals surface area contributed by atoms with E-state index in [2.05, 4.69) is 0 Å². The van der Waals surface area contributed by atoms with Crippen LogP contribution >= 0.6 is 0 Å². The van der Waals surface area contributed by atoms with Gasteiger partial charge in [0.15, 0.2) is 22.9 Å². The molecule has 200 valence electrons. The lowest BCUT2D eigenvalue weighted by molar-refractivity contribution is -0.129. The zero-order valence-electron chi connectivity index (χ0n) is 22.1. The van der Waals surface area contributed by atoms with Gasteiger partial charge in [0.05, 0.1) is 18.7 Å². The molecule has 0 saturated heterocycles. The second kappa shape index (κ2) is 11.0. The minimum atomic E-state index is -0.789. The number of Topliss-reactive ketones (excluding diaryl/α,β-unsaturated/α-hetero) is 1. The molecule has 0 saturated carbocycles. The van der Waals surface area contributed by atoms with E-state index in [1.165, 1.54) is 12.0 Å². The minimum absolute atomic E-state index is 0.0188. The van der Waals surface area contributed by atoms with Crippen molar-refractivity contribution in [2.45, 2.75) is 12.6 Å². The van der Waals surface area contributed by atoms with Gasteiger partial charge in [0, 0.05) is 18.5 Å². The molecule has 3 aromatic carbocycles. The molecule has 1 amide bonds. The number of hydrogen-bond donors (Lipinski definition) is 1. The van der Waals surface area contributed by atoms with E-state index < -0.39 is 23.5 Å². The summed E-state index contributed by atoms with van der Waals surface area (Å²) < 4.78 is 17.2. The number of amides is 1. The highest BCUT2D eigenvalue weighted by Crippen LogP contribution is 2.40. The molecule has 1 N–H and O–H groups in total. The number of benzene rings is 3. The average molecular weight is 527 g/mol. The zero-order chi connectivity index (χ0) is 27.5. The Labute approximate surface area is 226 Å². The van der Waals surface area contributed by atoms with Crippen molar-refractivity contribution in [3.8, 4) is 11.5 Å². The number of nitrogens with zero attached hydrogens (tertiary/aromatic N) is 2. The Morgan fingerprint density at radius 1 is 1.03 bits per heavy atom. The lowest BCUT2D eigenvalue weighted by Gasteiger charge is -2.28. The van der Waals surface area contributed by atoms with Crippen LogP contribution in [0.25, 0.3) is 11.0 Å². The molecule has 0 aliphatic carbocycles. The van der Waals surface area contributed by atoms with Gasteiger partial charge in [0.25, 0.3) is 5.91 Å². The van der Waals surface area contributed by atoms with Gasteiger partial charge in [0.2, 0.25) is 5.78 Å². The Kier molecular flexibility index (Phi) is 7.38. The van der Waals surface area contributed by atoms with E-state index in [9.17, 15) is 14.7 Å². The van der Waals surface area contributed by atoms with E-state index >= 15 is 0 Å². The van der Waals surface area contributed by atoms with E-state index in [1.54, 1.807) is 36.4 Å². The number of carbonyl (C=O) groups is 2. The molecule has 4 aromatic rings. The molecule has 1 aliphatic heterocycles. The van der Waals surface area contributed by atoms with Crippen LogP contribution in [0.5, 0.6) is 11.5 Å². The van der Waals surface area contributed by atoms with E-state index in [0.717, 1.165) is 5.56 Å². The highest BCUT2D eigenvalue weighted by molar-refractivity contribution is 6.16. The number of para-hydroxylation sites is 1. The molecule has 1 aliphatic rings. The molecule has 5 rings (SSSR count). The molecule has 8 heteroatoms. The summed E-state index contributed by atoms with van der Waals surface area (Å²) in [6, 6.07) is 23.2. The lowest BCUT2D eigenvalue weighted by Crippen LogP contribution is -2.36. The Morgan fingerprint density at radius 3 is 2.46 bits per heavy atom. The normalized spacial score (nSPS) is 15.4. The number of furan rings is 1. The topological polar surface area (TPSA) is 92.5 Å². The maximum absolute atomic E-state index is 13.8. The van der Waals surface area contributed by atoms with Crippen molar-refractivity contribution >= 4 is 22.7 Å². The monoisotopic (exact) mass is 526 g/mol. The van der Waals surface area contributed by atoms with Crippen LogP contribution in [0.4, 0.5) is 0 Å². The SMILES string of the molecule is COc1cccc2cc(C(=O)C3=C(O)C(=O)N(CCN(C)C)C3c3ccc(OCc4ccccc4)cc3)oc12. The predicted molar refractivity (Wildman–Crippen MR) is 147 cm³/mol. The molecule has 2 heterocycles. The van der Waals surface area contributed by atoms with Crippen LogP contribution in [0, 0.1) is 0 Å². The van der Waals surface area contributed by atoms with Gasteiger partial charge in [-0.3, -0.25) is 9.59 Å². The Bertz CT molecular complexity index is 1520. The van der Waals surface area contributed by atoms with Gasteiger partial charge in [-0.1, -0.05) is 54.6 Å². The number of hydrogen-bond acceptors (Lipinski definition) is 7. The first-order chi connectivity index (χ1) is 18.9. The summed E-state index contributed by atoms with van der Waals surface area (Å²) in [6.07, 6.45) is 0. The predicted octanol–water partition coefficient (Wildman–Crippen LogP) is 5.16. The van der Waals surface area contributed by atoms with Gasteiger partial charge in [-0.2, -0.15) is 0 Å². The first kappa shape index (κ1) is 26.1. The van der Waals surface area contributed by atoms with Crippen molar-refractivity contribution in [3.05, 3.63) is 107 Å². The number of rotatable bonds is 10. The summed E-state index contributed by atoms with van der Waals surface area (Å²) in [6.45, 7) is 1.28. The van der Waals surface area contributed by atoms with Gasteiger partial charge in [0.1, 0.15) is 12.4 Å². The highest BCUT2D eigenvalue weighted by atomic mass is 16.5. The molecule has 1 atom stereocenters. The van der Waals surface area contributed by atoms with E-state index in [0.29, 0.717) is 47.7 Å². The molecule has 0 fully saturated rings. The van der Waals surface area contributed by atoms with Gasteiger partial charge in [-0.15, -0.1) is 0 Å². The zero-order valence-corrected chi connectivity index (χ0v) is 22.1. The molecule has 0 spiro atoms. The van der Waals surface area contributed by atoms with Crippen molar-refractivity contribution in [2.24, 2.45) is 0 Å². The summed E-state index contributed by atoms with van der Waals surface area (Å²) in [5.41, 5.74) is 2.12. The average Bonchev–Trinajstić information content (AvgIpc) is 3.50. The van der Waals surface area contributed by atoms with Crippen molar-refractivity contribution < 1.29 is 28.6 Å². The third-order valence-corrected chi connectivity index (χ3v) is 6.73. The van der Waals surface area contributed by atoms with Crippen molar-refractivity contribution in [3.63, 3.8) is 0 Å². The lowest BCUT2D eigenvalue weighted by atomic mass is 9.95. The fourth-order valence-corrected chi connectivity index (χ4v) is 4.70. The molecular formula is C31H30N2O6. The van der Waals surface area contributed by atoms with Gasteiger partial charge >= 0.3 is 0 Å². The van der Waals surface area contributed by atoms with Crippen LogP contribution in [0.3, 0.4) is 0 Å². The third-order valence-electron chi connectivity index (χ3n) is 6.73. The summed E-state index contributed by atoms with van der Waals surface area (Å²) in [4.78, 5) is 30.5. The smallest absolute Gasteiger partial charge is 0.290 e. The Balaban J connectivity index is 1.47. The third kappa shape index (κ3) is 5.24. The van der Waals surface area contributed by atoms with Crippen LogP contribution in [0.1, 0.15) is 27.7 Å². The molecule has 8 nitrogen and oxygen atoms in total. The molecule has 0 radical (unpaired) electrons. The summed E-state index contributed by atoms with van der Waals surface area (Å²) in [7, 11) is 5.32. The van der Waals surface area contributed by atoms with Crippen molar-refractivity contribution in [2.75, 3.05) is 34.3 Å². The number of methoxy groups -OCH3 is 1. The Hall–Kier alpha value is -4.56. The van der Waals surface area contributed by atoms with E-state index in [4.69, 9.17) is 13.9 Å². The van der Waals surface area contributed by atoms with Crippen molar-refractivity contribution in [1.29, 1.82) is 0 Å². The molecular weight excluding hydrogens is 496 g/mol. The fourth-order valence-electron chi connectivity index (χ4n) is 4.70. The second-order valence-corrected chi connectivity index (χ2v) is 9.63. The number of aliphatic hydroxyl groups is 1. The fraction of sp³-hybridized carbons (Fsp3) is 0.226. The highest BCUT2D eigenvalue weighted by Gasteiger charge is 2.44. The largest absolute Gasteiger partial charge is 0.503 e. The number of fused-ring (bicyclic) bond motifs is 1. The molecule has 1 aromatic heterocycles. The van der Waals surface area contributed by atoms with Crippen LogP contribution < -0.4 is 9.47 Å². The van der Waals surface area contributed by atoms with Crippen LogP contribution in [-0.2, 0) is 11.4 Å². The standard InChI is InChI=1S/C31H30N2O6/c1-32(2)16-17-33-27(21-12-14-23(15-13-21)38-19-20-8-5-4-6-9-20)26(29(35)31(33)36)28(34)25-18-22-10-7-11-24(37-3)30(22)39-25/h4-15,18,27,35H,16-17,19H2,1-3H3. The van der Waals surface area contributed by atoms with Crippen LogP contribution in [0.2, 0.25) is 0 Å². The minimum Gasteiger partial charge on any atom is -0.503 e. The van der Waals surface area contributed by atoms with E-state index in [-0.39, 0.29) is 11.3 Å². The number of ether oxygens (including phenoxy) is 2. The maximum atomic E-state index is 13.8. The van der Waals surface area contributed by atoms with Gasteiger partial charge in [-0.25, -0.2) is 0 Å². The van der Waals surface area contributed by atoms with Gasteiger partial charge < -0.3 is 28.8 Å². The summed E-state index contributed by atoms with van der Waals surface area (Å²) in [5.74, 6) is -0.560. The quantitative estimate of drug-likeness (QED) is 0.285.